The molecule has 0 saturated heterocycles. The third-order valence-corrected chi connectivity index (χ3v) is 4.02. The maximum Gasteiger partial charge on any atom is 0.261 e. The molecule has 0 aliphatic rings. The van der Waals surface area contributed by atoms with E-state index in [-0.39, 0.29) is 16.1 Å². The second-order valence-electron chi connectivity index (χ2n) is 4.16. The van der Waals surface area contributed by atoms with Crippen molar-refractivity contribution in [1.29, 1.82) is 5.41 Å². The lowest BCUT2D eigenvalue weighted by molar-refractivity contribution is 0.599. The summed E-state index contributed by atoms with van der Waals surface area (Å²) in [6, 6.07) is 7.34. The van der Waals surface area contributed by atoms with Gasteiger partial charge in [-0.3, -0.25) is 10.1 Å². The van der Waals surface area contributed by atoms with E-state index in [2.05, 4.69) is 4.72 Å². The molecule has 0 aliphatic heterocycles. The van der Waals surface area contributed by atoms with Crippen molar-refractivity contribution >= 4 is 21.5 Å². The molecule has 0 amide bonds. The number of sulfonamides is 1. The Labute approximate surface area is 120 Å². The minimum Gasteiger partial charge on any atom is -0.384 e. The molecule has 0 atom stereocenters. The van der Waals surface area contributed by atoms with Gasteiger partial charge in [-0.05, 0) is 42.5 Å². The van der Waals surface area contributed by atoms with Crippen LogP contribution in [-0.2, 0) is 10.0 Å². The quantitative estimate of drug-likeness (QED) is 0.595. The number of halogens is 2. The van der Waals surface area contributed by atoms with Gasteiger partial charge in [0, 0.05) is 5.56 Å². The van der Waals surface area contributed by atoms with E-state index in [0.29, 0.717) is 0 Å². The van der Waals surface area contributed by atoms with Gasteiger partial charge in [-0.25, -0.2) is 17.2 Å². The number of nitrogens with one attached hydrogen (secondary N) is 2. The first-order valence-electron chi connectivity index (χ1n) is 5.72. The minimum atomic E-state index is -3.99. The van der Waals surface area contributed by atoms with E-state index < -0.39 is 27.5 Å². The van der Waals surface area contributed by atoms with Gasteiger partial charge in [-0.2, -0.15) is 0 Å². The lowest BCUT2D eigenvalue weighted by atomic mass is 10.1. The van der Waals surface area contributed by atoms with E-state index in [9.17, 15) is 17.2 Å². The molecule has 2 aromatic rings. The van der Waals surface area contributed by atoms with Crippen LogP contribution in [-0.4, -0.2) is 14.3 Å². The summed E-state index contributed by atoms with van der Waals surface area (Å²) in [5.74, 6) is -1.70. The topological polar surface area (TPSA) is 96.0 Å². The van der Waals surface area contributed by atoms with Gasteiger partial charge >= 0.3 is 0 Å². The van der Waals surface area contributed by atoms with Gasteiger partial charge in [0.25, 0.3) is 10.0 Å². The van der Waals surface area contributed by atoms with Crippen molar-refractivity contribution in [1.82, 2.24) is 0 Å². The number of hydrogen-bond acceptors (Lipinski definition) is 3. The molecule has 21 heavy (non-hydrogen) atoms. The smallest absolute Gasteiger partial charge is 0.261 e. The molecule has 0 spiro atoms. The second-order valence-corrected chi connectivity index (χ2v) is 5.85. The maximum absolute atomic E-state index is 13.1. The molecule has 0 aromatic heterocycles. The van der Waals surface area contributed by atoms with Crippen LogP contribution in [0.4, 0.5) is 14.5 Å². The summed E-state index contributed by atoms with van der Waals surface area (Å²) in [7, 11) is -3.99. The molecule has 2 aromatic carbocycles. The van der Waals surface area contributed by atoms with Crippen molar-refractivity contribution in [3.05, 3.63) is 59.7 Å². The van der Waals surface area contributed by atoms with Crippen LogP contribution in [0, 0.1) is 17.0 Å². The first kappa shape index (κ1) is 14.9. The SMILES string of the molecule is N=C(N)c1cc(F)ccc1NS(=O)(=O)c1ccc(F)cc1. The molecule has 110 valence electrons. The summed E-state index contributed by atoms with van der Waals surface area (Å²) >= 11 is 0. The Balaban J connectivity index is 2.41. The molecule has 2 rings (SSSR count). The summed E-state index contributed by atoms with van der Waals surface area (Å²) in [4.78, 5) is -0.164. The van der Waals surface area contributed by atoms with Crippen molar-refractivity contribution in [3.63, 3.8) is 0 Å². The van der Waals surface area contributed by atoms with Gasteiger partial charge in [-0.15, -0.1) is 0 Å². The van der Waals surface area contributed by atoms with Gasteiger partial charge in [0.15, 0.2) is 0 Å². The normalized spacial score (nSPS) is 11.1. The van der Waals surface area contributed by atoms with Crippen molar-refractivity contribution in [2.75, 3.05) is 4.72 Å². The third kappa shape index (κ3) is 3.34. The average Bonchev–Trinajstić information content (AvgIpc) is 2.41. The van der Waals surface area contributed by atoms with Gasteiger partial charge in [-0.1, -0.05) is 0 Å². The van der Waals surface area contributed by atoms with Gasteiger partial charge < -0.3 is 5.73 Å². The lowest BCUT2D eigenvalue weighted by Gasteiger charge is -2.12. The van der Waals surface area contributed by atoms with Crippen LogP contribution < -0.4 is 10.5 Å². The van der Waals surface area contributed by atoms with Crippen LogP contribution in [0.3, 0.4) is 0 Å². The van der Waals surface area contributed by atoms with Crippen molar-refractivity contribution < 1.29 is 17.2 Å². The van der Waals surface area contributed by atoms with Gasteiger partial charge in [0.05, 0.1) is 10.6 Å². The monoisotopic (exact) mass is 311 g/mol. The molecule has 0 unspecified atom stereocenters. The van der Waals surface area contributed by atoms with Gasteiger partial charge in [0.2, 0.25) is 0 Å². The molecule has 8 heteroatoms. The highest BCUT2D eigenvalue weighted by Gasteiger charge is 2.17. The predicted octanol–water partition coefficient (Wildman–Crippen LogP) is 2.05. The number of nitrogens with two attached hydrogens (primary N) is 1. The molecule has 4 N–H and O–H groups in total. The number of hydrogen-bond donors (Lipinski definition) is 3. The molecular formula is C13H11F2N3O2S. The number of amidine groups is 1. The van der Waals surface area contributed by atoms with Crippen LogP contribution in [0.15, 0.2) is 47.4 Å². The van der Waals surface area contributed by atoms with E-state index in [4.69, 9.17) is 11.1 Å². The highest BCUT2D eigenvalue weighted by Crippen LogP contribution is 2.21. The van der Waals surface area contributed by atoms with E-state index in [1.165, 1.54) is 0 Å². The summed E-state index contributed by atoms with van der Waals surface area (Å²) in [5, 5.41) is 7.34. The molecule has 0 fully saturated rings. The molecule has 0 saturated carbocycles. The van der Waals surface area contributed by atoms with Crippen LogP contribution in [0.5, 0.6) is 0 Å². The second kappa shape index (κ2) is 5.49. The molecule has 0 heterocycles. The predicted molar refractivity (Wildman–Crippen MR) is 74.6 cm³/mol. The fraction of sp³-hybridized carbons (Fsp3) is 0. The van der Waals surface area contributed by atoms with Crippen molar-refractivity contribution in [2.24, 2.45) is 5.73 Å². The zero-order chi connectivity index (χ0) is 15.6. The summed E-state index contributed by atoms with van der Waals surface area (Å²) in [5.41, 5.74) is 5.18. The summed E-state index contributed by atoms with van der Waals surface area (Å²) < 4.78 is 52.4. The number of nitrogen functional groups attached to an aromatic ring is 1. The molecule has 5 nitrogen and oxygen atoms in total. The Bertz CT molecular complexity index is 790. The summed E-state index contributed by atoms with van der Waals surface area (Å²) in [6.45, 7) is 0. The maximum atomic E-state index is 13.1. The highest BCUT2D eigenvalue weighted by molar-refractivity contribution is 7.92. The Hall–Kier alpha value is -2.48. The fourth-order valence-corrected chi connectivity index (χ4v) is 2.73. The van der Waals surface area contributed by atoms with Crippen LogP contribution >= 0.6 is 0 Å². The van der Waals surface area contributed by atoms with Crippen LogP contribution in [0.2, 0.25) is 0 Å². The highest BCUT2D eigenvalue weighted by atomic mass is 32.2. The molecular weight excluding hydrogens is 300 g/mol. The summed E-state index contributed by atoms with van der Waals surface area (Å²) in [6.07, 6.45) is 0. The van der Waals surface area contributed by atoms with Crippen molar-refractivity contribution in [3.8, 4) is 0 Å². The van der Waals surface area contributed by atoms with Crippen LogP contribution in [0.1, 0.15) is 5.56 Å². The Morgan fingerprint density at radius 3 is 2.19 bits per heavy atom. The van der Waals surface area contributed by atoms with Crippen molar-refractivity contribution in [2.45, 2.75) is 4.90 Å². The zero-order valence-corrected chi connectivity index (χ0v) is 11.4. The Morgan fingerprint density at radius 1 is 1.05 bits per heavy atom. The van der Waals surface area contributed by atoms with E-state index in [0.717, 1.165) is 42.5 Å². The lowest BCUT2D eigenvalue weighted by Crippen LogP contribution is -2.19. The standard InChI is InChI=1S/C13H11F2N3O2S/c14-8-1-4-10(5-2-8)21(19,20)18-12-6-3-9(15)7-11(12)13(16)17/h1-7,18H,(H3,16,17). The first-order valence-corrected chi connectivity index (χ1v) is 7.20. The van der Waals surface area contributed by atoms with Crippen LogP contribution in [0.25, 0.3) is 0 Å². The molecule has 0 radical (unpaired) electrons. The number of benzene rings is 2. The fourth-order valence-electron chi connectivity index (χ4n) is 1.65. The average molecular weight is 311 g/mol. The number of anilines is 1. The zero-order valence-electron chi connectivity index (χ0n) is 10.6. The van der Waals surface area contributed by atoms with E-state index in [1.807, 2.05) is 0 Å². The molecule has 0 aliphatic carbocycles. The van der Waals surface area contributed by atoms with E-state index in [1.54, 1.807) is 0 Å². The Morgan fingerprint density at radius 2 is 1.62 bits per heavy atom. The molecule has 0 bridgehead atoms. The minimum absolute atomic E-state index is 0.0341. The number of rotatable bonds is 4. The van der Waals surface area contributed by atoms with Gasteiger partial charge in [0.1, 0.15) is 17.5 Å². The van der Waals surface area contributed by atoms with E-state index >= 15 is 0 Å². The third-order valence-electron chi connectivity index (χ3n) is 2.64. The first-order chi connectivity index (χ1) is 9.79. The largest absolute Gasteiger partial charge is 0.384 e. The Kier molecular flexibility index (Phi) is 3.90.